The molecular weight excluding hydrogens is 289 g/mol. The normalized spacial score (nSPS) is 10.1. The topological polar surface area (TPSA) is 56.3 Å². The van der Waals surface area contributed by atoms with Crippen LogP contribution in [0.25, 0.3) is 0 Å². The van der Waals surface area contributed by atoms with Gasteiger partial charge in [0.05, 0.1) is 19.9 Å². The number of nitrogens with one attached hydrogen (secondary N) is 1. The summed E-state index contributed by atoms with van der Waals surface area (Å²) in [7, 11) is 3.15. The van der Waals surface area contributed by atoms with Crippen molar-refractivity contribution in [3.8, 4) is 11.5 Å². The molecule has 0 aliphatic carbocycles. The van der Waals surface area contributed by atoms with Crippen LogP contribution < -0.4 is 14.8 Å². The van der Waals surface area contributed by atoms with Crippen LogP contribution in [0.5, 0.6) is 11.5 Å². The highest BCUT2D eigenvalue weighted by Gasteiger charge is 2.08. The van der Waals surface area contributed by atoms with Crippen LogP contribution in [-0.2, 0) is 0 Å². The van der Waals surface area contributed by atoms with Crippen molar-refractivity contribution in [2.75, 3.05) is 19.5 Å². The Morgan fingerprint density at radius 2 is 1.74 bits per heavy atom. The molecule has 1 aromatic carbocycles. The molecule has 0 spiro atoms. The van der Waals surface area contributed by atoms with Gasteiger partial charge in [-0.15, -0.1) is 10.2 Å². The summed E-state index contributed by atoms with van der Waals surface area (Å²) in [6.07, 6.45) is 0. The van der Waals surface area contributed by atoms with E-state index in [0.717, 1.165) is 5.69 Å². The van der Waals surface area contributed by atoms with Crippen LogP contribution in [0.4, 0.5) is 11.4 Å². The number of aromatic nitrogens is 2. The molecule has 100 valence electrons. The first-order valence-electron chi connectivity index (χ1n) is 5.32. The minimum Gasteiger partial charge on any atom is -0.493 e. The SMILES string of the molecule is COc1ccc(Nc2cc(Cl)nnc2Cl)cc1OC. The number of nitrogens with zero attached hydrogens (tertiary/aromatic N) is 2. The molecule has 0 atom stereocenters. The van der Waals surface area contributed by atoms with Gasteiger partial charge < -0.3 is 14.8 Å². The third kappa shape index (κ3) is 3.19. The molecule has 0 unspecified atom stereocenters. The average molecular weight is 300 g/mol. The van der Waals surface area contributed by atoms with Gasteiger partial charge in [-0.1, -0.05) is 23.2 Å². The number of benzene rings is 1. The van der Waals surface area contributed by atoms with Crippen LogP contribution in [0, 0.1) is 0 Å². The molecule has 0 aliphatic heterocycles. The van der Waals surface area contributed by atoms with E-state index in [1.54, 1.807) is 32.4 Å². The molecule has 2 rings (SSSR count). The van der Waals surface area contributed by atoms with Crippen molar-refractivity contribution in [2.24, 2.45) is 0 Å². The largest absolute Gasteiger partial charge is 0.493 e. The summed E-state index contributed by atoms with van der Waals surface area (Å²) in [4.78, 5) is 0. The monoisotopic (exact) mass is 299 g/mol. The third-order valence-corrected chi connectivity index (χ3v) is 2.85. The zero-order valence-corrected chi connectivity index (χ0v) is 11.8. The molecule has 0 aliphatic rings. The molecule has 5 nitrogen and oxygen atoms in total. The molecule has 0 saturated carbocycles. The minimum absolute atomic E-state index is 0.235. The number of ether oxygens (including phenoxy) is 2. The van der Waals surface area contributed by atoms with E-state index in [0.29, 0.717) is 17.2 Å². The van der Waals surface area contributed by atoms with Gasteiger partial charge in [-0.3, -0.25) is 0 Å². The Hall–Kier alpha value is -1.72. The molecule has 0 amide bonds. The van der Waals surface area contributed by atoms with Gasteiger partial charge in [-0.2, -0.15) is 0 Å². The highest BCUT2D eigenvalue weighted by molar-refractivity contribution is 6.33. The van der Waals surface area contributed by atoms with Crippen molar-refractivity contribution in [2.45, 2.75) is 0 Å². The van der Waals surface area contributed by atoms with Gasteiger partial charge in [0, 0.05) is 17.8 Å². The van der Waals surface area contributed by atoms with Crippen LogP contribution >= 0.6 is 23.2 Å². The summed E-state index contributed by atoms with van der Waals surface area (Å²) in [6.45, 7) is 0. The van der Waals surface area contributed by atoms with E-state index >= 15 is 0 Å². The van der Waals surface area contributed by atoms with E-state index in [2.05, 4.69) is 15.5 Å². The molecule has 0 fully saturated rings. The van der Waals surface area contributed by atoms with Gasteiger partial charge >= 0.3 is 0 Å². The number of rotatable bonds is 4. The smallest absolute Gasteiger partial charge is 0.175 e. The van der Waals surface area contributed by atoms with Crippen molar-refractivity contribution in [1.29, 1.82) is 0 Å². The van der Waals surface area contributed by atoms with Crippen molar-refractivity contribution < 1.29 is 9.47 Å². The molecule has 1 aromatic heterocycles. The standard InChI is InChI=1S/C12H11Cl2N3O2/c1-18-9-4-3-7(5-10(9)19-2)15-8-6-11(13)16-17-12(8)14/h3-6H,1-2H3,(H,15,16). The Kier molecular flexibility index (Phi) is 4.29. The predicted molar refractivity (Wildman–Crippen MR) is 74.9 cm³/mol. The lowest BCUT2D eigenvalue weighted by molar-refractivity contribution is 0.355. The molecule has 7 heteroatoms. The molecule has 0 saturated heterocycles. The predicted octanol–water partition coefficient (Wildman–Crippen LogP) is 3.54. The van der Waals surface area contributed by atoms with E-state index in [1.807, 2.05) is 6.07 Å². The summed E-state index contributed by atoms with van der Waals surface area (Å²) in [5, 5.41) is 10.9. The first-order chi connectivity index (χ1) is 9.13. The highest BCUT2D eigenvalue weighted by atomic mass is 35.5. The number of halogens is 2. The Morgan fingerprint density at radius 3 is 2.42 bits per heavy atom. The van der Waals surface area contributed by atoms with E-state index in [9.17, 15) is 0 Å². The number of anilines is 2. The zero-order valence-electron chi connectivity index (χ0n) is 10.3. The third-order valence-electron chi connectivity index (χ3n) is 2.38. The van der Waals surface area contributed by atoms with E-state index in [4.69, 9.17) is 32.7 Å². The molecule has 1 heterocycles. The fourth-order valence-corrected chi connectivity index (χ4v) is 1.80. The highest BCUT2D eigenvalue weighted by Crippen LogP contribution is 2.32. The van der Waals surface area contributed by atoms with Crippen LogP contribution in [-0.4, -0.2) is 24.4 Å². The second kappa shape index (κ2) is 5.95. The fraction of sp³-hybridized carbons (Fsp3) is 0.167. The summed E-state index contributed by atoms with van der Waals surface area (Å²) in [5.74, 6) is 1.25. The summed E-state index contributed by atoms with van der Waals surface area (Å²) in [6, 6.07) is 6.98. The Morgan fingerprint density at radius 1 is 1.00 bits per heavy atom. The summed E-state index contributed by atoms with van der Waals surface area (Å²) in [5.41, 5.74) is 1.33. The molecule has 1 N–H and O–H groups in total. The molecule has 0 bridgehead atoms. The Bertz CT molecular complexity index is 593. The van der Waals surface area contributed by atoms with Gasteiger partial charge in [-0.25, -0.2) is 0 Å². The minimum atomic E-state index is 0.235. The average Bonchev–Trinajstić information content (AvgIpc) is 2.42. The summed E-state index contributed by atoms with van der Waals surface area (Å²) < 4.78 is 10.4. The van der Waals surface area contributed by atoms with Crippen molar-refractivity contribution >= 4 is 34.6 Å². The lowest BCUT2D eigenvalue weighted by Gasteiger charge is -2.11. The van der Waals surface area contributed by atoms with Gasteiger partial charge in [0.15, 0.2) is 21.8 Å². The van der Waals surface area contributed by atoms with E-state index in [-0.39, 0.29) is 10.3 Å². The molecule has 0 radical (unpaired) electrons. The van der Waals surface area contributed by atoms with Gasteiger partial charge in [0.1, 0.15) is 0 Å². The zero-order chi connectivity index (χ0) is 13.8. The first-order valence-corrected chi connectivity index (χ1v) is 6.07. The maximum atomic E-state index is 5.93. The Balaban J connectivity index is 2.30. The molecular formula is C12H11Cl2N3O2. The van der Waals surface area contributed by atoms with Gasteiger partial charge in [-0.05, 0) is 12.1 Å². The van der Waals surface area contributed by atoms with Gasteiger partial charge in [0.2, 0.25) is 0 Å². The number of methoxy groups -OCH3 is 2. The van der Waals surface area contributed by atoms with E-state index in [1.165, 1.54) is 0 Å². The maximum absolute atomic E-state index is 5.93. The second-order valence-electron chi connectivity index (χ2n) is 3.57. The fourth-order valence-electron chi connectivity index (χ4n) is 1.51. The van der Waals surface area contributed by atoms with Crippen molar-refractivity contribution in [1.82, 2.24) is 10.2 Å². The van der Waals surface area contributed by atoms with Crippen molar-refractivity contribution in [3.05, 3.63) is 34.6 Å². The van der Waals surface area contributed by atoms with E-state index < -0.39 is 0 Å². The Labute approximate surface area is 120 Å². The quantitative estimate of drug-likeness (QED) is 0.936. The van der Waals surface area contributed by atoms with Crippen LogP contribution in [0.15, 0.2) is 24.3 Å². The van der Waals surface area contributed by atoms with Gasteiger partial charge in [0.25, 0.3) is 0 Å². The van der Waals surface area contributed by atoms with Crippen LogP contribution in [0.1, 0.15) is 0 Å². The second-order valence-corrected chi connectivity index (χ2v) is 4.31. The molecule has 2 aromatic rings. The number of hydrogen-bond donors (Lipinski definition) is 1. The van der Waals surface area contributed by atoms with Crippen LogP contribution in [0.2, 0.25) is 10.3 Å². The molecule has 19 heavy (non-hydrogen) atoms. The van der Waals surface area contributed by atoms with Crippen LogP contribution in [0.3, 0.4) is 0 Å². The first kappa shape index (κ1) is 13.7. The summed E-state index contributed by atoms with van der Waals surface area (Å²) >= 11 is 11.7. The number of hydrogen-bond acceptors (Lipinski definition) is 5. The maximum Gasteiger partial charge on any atom is 0.175 e. The van der Waals surface area contributed by atoms with Crippen molar-refractivity contribution in [3.63, 3.8) is 0 Å². The lowest BCUT2D eigenvalue weighted by atomic mass is 10.2. The lowest BCUT2D eigenvalue weighted by Crippen LogP contribution is -1.96.